The second-order valence-corrected chi connectivity index (χ2v) is 7.52. The lowest BCUT2D eigenvalue weighted by Crippen LogP contribution is -2.26. The van der Waals surface area contributed by atoms with Gasteiger partial charge in [0, 0.05) is 5.02 Å². The van der Waals surface area contributed by atoms with Gasteiger partial charge in [0.2, 0.25) is 0 Å². The minimum atomic E-state index is -0.633. The Morgan fingerprint density at radius 3 is 2.21 bits per heavy atom. The van der Waals surface area contributed by atoms with Gasteiger partial charge in [0.1, 0.15) is 18.1 Å². The molecule has 0 saturated heterocycles. The minimum Gasteiger partial charge on any atom is -0.489 e. The highest BCUT2D eigenvalue weighted by Crippen LogP contribution is 2.19. The number of rotatable bonds is 13. The standard InChI is InChI=1S/C24H31ClO4/c1-3-4-5-6-7-8-17-27-24(26)19(2)29-23-13-9-20(10-14-23)18-28-22-15-11-21(25)12-16-22/h9-16,19H,3-8,17-18H2,1-2H3. The molecule has 0 aliphatic rings. The van der Waals surface area contributed by atoms with E-state index in [4.69, 9.17) is 25.8 Å². The fourth-order valence-corrected chi connectivity index (χ4v) is 2.91. The lowest BCUT2D eigenvalue weighted by Gasteiger charge is -2.14. The molecule has 0 N–H and O–H groups in total. The van der Waals surface area contributed by atoms with Crippen molar-refractivity contribution in [2.24, 2.45) is 0 Å². The Morgan fingerprint density at radius 2 is 1.52 bits per heavy atom. The van der Waals surface area contributed by atoms with E-state index in [-0.39, 0.29) is 5.97 Å². The molecule has 2 aromatic carbocycles. The van der Waals surface area contributed by atoms with Crippen molar-refractivity contribution in [1.29, 1.82) is 0 Å². The summed E-state index contributed by atoms with van der Waals surface area (Å²) < 4.78 is 16.7. The zero-order chi connectivity index (χ0) is 20.9. The summed E-state index contributed by atoms with van der Waals surface area (Å²) >= 11 is 5.87. The highest BCUT2D eigenvalue weighted by molar-refractivity contribution is 6.30. The van der Waals surface area contributed by atoms with Crippen molar-refractivity contribution in [3.8, 4) is 11.5 Å². The number of hydrogen-bond donors (Lipinski definition) is 0. The molecular formula is C24H31ClO4. The number of halogens is 1. The molecule has 29 heavy (non-hydrogen) atoms. The van der Waals surface area contributed by atoms with Crippen LogP contribution in [0.4, 0.5) is 0 Å². The van der Waals surface area contributed by atoms with Crippen LogP contribution >= 0.6 is 11.6 Å². The van der Waals surface area contributed by atoms with Crippen molar-refractivity contribution >= 4 is 17.6 Å². The molecule has 1 unspecified atom stereocenters. The van der Waals surface area contributed by atoms with Crippen molar-refractivity contribution in [3.05, 3.63) is 59.1 Å². The summed E-state index contributed by atoms with van der Waals surface area (Å²) in [5.41, 5.74) is 1.01. The second kappa shape index (κ2) is 13.1. The van der Waals surface area contributed by atoms with Gasteiger partial charge in [-0.1, -0.05) is 62.8 Å². The van der Waals surface area contributed by atoms with Gasteiger partial charge in [-0.3, -0.25) is 0 Å². The van der Waals surface area contributed by atoms with Gasteiger partial charge in [-0.25, -0.2) is 4.79 Å². The molecule has 0 saturated carbocycles. The summed E-state index contributed by atoms with van der Waals surface area (Å²) in [6, 6.07) is 14.7. The molecule has 2 rings (SSSR count). The van der Waals surface area contributed by atoms with Crippen molar-refractivity contribution < 1.29 is 19.0 Å². The first-order chi connectivity index (χ1) is 14.1. The number of ether oxygens (including phenoxy) is 3. The fraction of sp³-hybridized carbons (Fsp3) is 0.458. The molecule has 158 valence electrons. The summed E-state index contributed by atoms with van der Waals surface area (Å²) in [5.74, 6) is 1.06. The molecule has 0 fully saturated rings. The third-order valence-electron chi connectivity index (χ3n) is 4.53. The Morgan fingerprint density at radius 1 is 0.897 bits per heavy atom. The highest BCUT2D eigenvalue weighted by Gasteiger charge is 2.16. The average molecular weight is 419 g/mol. The van der Waals surface area contributed by atoms with E-state index in [1.54, 1.807) is 19.1 Å². The molecule has 0 aromatic heterocycles. The molecule has 0 radical (unpaired) electrons. The summed E-state index contributed by atoms with van der Waals surface area (Å²) in [7, 11) is 0. The smallest absolute Gasteiger partial charge is 0.347 e. The molecule has 1 atom stereocenters. The van der Waals surface area contributed by atoms with E-state index in [0.29, 0.717) is 24.0 Å². The van der Waals surface area contributed by atoms with E-state index in [0.717, 1.165) is 24.2 Å². The molecule has 0 spiro atoms. The predicted octanol–water partition coefficient (Wildman–Crippen LogP) is 6.59. The largest absolute Gasteiger partial charge is 0.489 e. The first kappa shape index (κ1) is 23.1. The van der Waals surface area contributed by atoms with Crippen LogP contribution in [-0.4, -0.2) is 18.7 Å². The number of unbranched alkanes of at least 4 members (excludes halogenated alkanes) is 5. The minimum absolute atomic E-state index is 0.325. The van der Waals surface area contributed by atoms with Crippen molar-refractivity contribution in [1.82, 2.24) is 0 Å². The Labute approximate surface area is 179 Å². The summed E-state index contributed by atoms with van der Waals surface area (Å²) in [6.07, 6.45) is 6.34. The van der Waals surface area contributed by atoms with Gasteiger partial charge in [-0.15, -0.1) is 0 Å². The monoisotopic (exact) mass is 418 g/mol. The van der Waals surface area contributed by atoms with Gasteiger partial charge in [0.15, 0.2) is 6.10 Å². The van der Waals surface area contributed by atoms with Gasteiger partial charge in [0.25, 0.3) is 0 Å². The Balaban J connectivity index is 1.67. The molecule has 0 amide bonds. The van der Waals surface area contributed by atoms with E-state index in [1.165, 1.54) is 25.7 Å². The lowest BCUT2D eigenvalue weighted by molar-refractivity contribution is -0.151. The van der Waals surface area contributed by atoms with E-state index >= 15 is 0 Å². The van der Waals surface area contributed by atoms with Crippen LogP contribution in [0.25, 0.3) is 0 Å². The molecule has 5 heteroatoms. The number of benzene rings is 2. The zero-order valence-electron chi connectivity index (χ0n) is 17.4. The van der Waals surface area contributed by atoms with Crippen LogP contribution in [0.3, 0.4) is 0 Å². The average Bonchev–Trinajstić information content (AvgIpc) is 2.73. The van der Waals surface area contributed by atoms with Crippen LogP contribution in [0.2, 0.25) is 5.02 Å². The maximum Gasteiger partial charge on any atom is 0.347 e. The molecular weight excluding hydrogens is 388 g/mol. The maximum atomic E-state index is 12.1. The predicted molar refractivity (Wildman–Crippen MR) is 117 cm³/mol. The quantitative estimate of drug-likeness (QED) is 0.272. The number of hydrogen-bond acceptors (Lipinski definition) is 4. The molecule has 2 aromatic rings. The van der Waals surface area contributed by atoms with E-state index < -0.39 is 6.10 Å². The molecule has 0 heterocycles. The molecule has 0 bridgehead atoms. The number of carbonyl (C=O) groups is 1. The lowest BCUT2D eigenvalue weighted by atomic mass is 10.1. The van der Waals surface area contributed by atoms with E-state index in [9.17, 15) is 4.79 Å². The third kappa shape index (κ3) is 9.23. The van der Waals surface area contributed by atoms with E-state index in [1.807, 2.05) is 36.4 Å². The first-order valence-electron chi connectivity index (χ1n) is 10.4. The van der Waals surface area contributed by atoms with E-state index in [2.05, 4.69) is 6.92 Å². The van der Waals surface area contributed by atoms with Gasteiger partial charge in [-0.2, -0.15) is 0 Å². The van der Waals surface area contributed by atoms with Crippen molar-refractivity contribution in [2.75, 3.05) is 6.61 Å². The Kier molecular flexibility index (Phi) is 10.4. The molecule has 0 aliphatic carbocycles. The Hall–Kier alpha value is -2.20. The van der Waals surface area contributed by atoms with Crippen LogP contribution in [0.15, 0.2) is 48.5 Å². The summed E-state index contributed by atoms with van der Waals surface area (Å²) in [6.45, 7) is 4.81. The fourth-order valence-electron chi connectivity index (χ4n) is 2.79. The number of esters is 1. The van der Waals surface area contributed by atoms with Crippen LogP contribution in [-0.2, 0) is 16.1 Å². The maximum absolute atomic E-state index is 12.1. The van der Waals surface area contributed by atoms with Crippen LogP contribution in [0.5, 0.6) is 11.5 Å². The zero-order valence-corrected chi connectivity index (χ0v) is 18.1. The van der Waals surface area contributed by atoms with Gasteiger partial charge >= 0.3 is 5.97 Å². The van der Waals surface area contributed by atoms with Gasteiger partial charge in [0.05, 0.1) is 6.61 Å². The van der Waals surface area contributed by atoms with Crippen LogP contribution in [0.1, 0.15) is 57.9 Å². The molecule has 4 nitrogen and oxygen atoms in total. The van der Waals surface area contributed by atoms with Gasteiger partial charge in [-0.05, 0) is 55.3 Å². The highest BCUT2D eigenvalue weighted by atomic mass is 35.5. The van der Waals surface area contributed by atoms with Crippen molar-refractivity contribution in [2.45, 2.75) is 65.1 Å². The van der Waals surface area contributed by atoms with Crippen LogP contribution < -0.4 is 9.47 Å². The van der Waals surface area contributed by atoms with Crippen molar-refractivity contribution in [3.63, 3.8) is 0 Å². The topological polar surface area (TPSA) is 44.8 Å². The van der Waals surface area contributed by atoms with Gasteiger partial charge < -0.3 is 14.2 Å². The SMILES string of the molecule is CCCCCCCCOC(=O)C(C)Oc1ccc(COc2ccc(Cl)cc2)cc1. The molecule has 0 aliphatic heterocycles. The Bertz CT molecular complexity index is 713. The third-order valence-corrected chi connectivity index (χ3v) is 4.78. The normalized spacial score (nSPS) is 11.7. The first-order valence-corrected chi connectivity index (χ1v) is 10.8. The number of carbonyl (C=O) groups excluding carboxylic acids is 1. The second-order valence-electron chi connectivity index (χ2n) is 7.08. The summed E-state index contributed by atoms with van der Waals surface area (Å²) in [4.78, 5) is 12.1. The summed E-state index contributed by atoms with van der Waals surface area (Å²) in [5, 5.41) is 0.679. The van der Waals surface area contributed by atoms with Crippen LogP contribution in [0, 0.1) is 0 Å².